The molecule has 1 heterocycles. The van der Waals surface area contributed by atoms with Gasteiger partial charge in [0.05, 0.1) is 23.8 Å². The molecular formula is C17H18FIN4O. The molecule has 5 nitrogen and oxygen atoms in total. The Balaban J connectivity index is 1.91. The Morgan fingerprint density at radius 1 is 1.38 bits per heavy atom. The van der Waals surface area contributed by atoms with Gasteiger partial charge in [-0.15, -0.1) is 0 Å². The molecular weight excluding hydrogens is 420 g/mol. The van der Waals surface area contributed by atoms with Crippen molar-refractivity contribution in [1.29, 1.82) is 0 Å². The number of aromatic nitrogens is 2. The zero-order valence-corrected chi connectivity index (χ0v) is 15.5. The van der Waals surface area contributed by atoms with Gasteiger partial charge < -0.3 is 5.32 Å². The highest BCUT2D eigenvalue weighted by Gasteiger charge is 2.09. The van der Waals surface area contributed by atoms with E-state index in [2.05, 4.69) is 49.7 Å². The summed E-state index contributed by atoms with van der Waals surface area (Å²) >= 11 is 2.21. The number of carbonyl (C=O) groups excluding carboxylic acids is 1. The zero-order chi connectivity index (χ0) is 17.4. The molecule has 126 valence electrons. The molecule has 0 aliphatic rings. The molecule has 0 aliphatic heterocycles. The van der Waals surface area contributed by atoms with Crippen LogP contribution in [-0.2, 0) is 0 Å². The van der Waals surface area contributed by atoms with Gasteiger partial charge >= 0.3 is 0 Å². The smallest absolute Gasteiger partial charge is 0.271 e. The van der Waals surface area contributed by atoms with E-state index in [1.54, 1.807) is 0 Å². The number of hydrogen-bond donors (Lipinski definition) is 1. The normalized spacial score (nSPS) is 10.5. The summed E-state index contributed by atoms with van der Waals surface area (Å²) in [7, 11) is 0. The Labute approximate surface area is 154 Å². The third kappa shape index (κ3) is 5.39. The van der Waals surface area contributed by atoms with Gasteiger partial charge in [-0.25, -0.2) is 9.37 Å². The lowest BCUT2D eigenvalue weighted by Gasteiger charge is -2.17. The molecule has 1 aromatic carbocycles. The van der Waals surface area contributed by atoms with Crippen LogP contribution in [0, 0.1) is 15.4 Å². The van der Waals surface area contributed by atoms with Crippen LogP contribution >= 0.6 is 22.6 Å². The molecule has 1 N–H and O–H groups in total. The third-order valence-corrected chi connectivity index (χ3v) is 4.06. The lowest BCUT2D eigenvalue weighted by Crippen LogP contribution is -2.35. The van der Waals surface area contributed by atoms with Gasteiger partial charge in [0.25, 0.3) is 5.91 Å². The Bertz CT molecular complexity index is 772. The topological polar surface area (TPSA) is 58.1 Å². The van der Waals surface area contributed by atoms with Gasteiger partial charge in [0.1, 0.15) is 12.4 Å². The van der Waals surface area contributed by atoms with Gasteiger partial charge in [-0.1, -0.05) is 18.8 Å². The minimum atomic E-state index is -0.631. The van der Waals surface area contributed by atoms with Crippen molar-refractivity contribution in [2.24, 2.45) is 0 Å². The Kier molecular flexibility index (Phi) is 7.34. The van der Waals surface area contributed by atoms with Crippen LogP contribution < -0.4 is 5.32 Å². The van der Waals surface area contributed by atoms with Crippen LogP contribution in [0.1, 0.15) is 17.4 Å². The van der Waals surface area contributed by atoms with Crippen molar-refractivity contribution >= 4 is 39.5 Å². The van der Waals surface area contributed by atoms with E-state index in [-0.39, 0.29) is 5.91 Å². The Morgan fingerprint density at radius 3 is 2.96 bits per heavy atom. The van der Waals surface area contributed by atoms with Gasteiger partial charge in [0.15, 0.2) is 0 Å². The first-order valence-electron chi connectivity index (χ1n) is 7.58. The predicted octanol–water partition coefficient (Wildman–Crippen LogP) is 2.26. The van der Waals surface area contributed by atoms with Crippen LogP contribution in [0.3, 0.4) is 0 Å². The number of halogens is 2. The summed E-state index contributed by atoms with van der Waals surface area (Å²) in [5.74, 6) is 4.88. The SMILES string of the molecule is CCN(CC#CCF)CCNC(=O)c1cnc2cc([125I])ccc2n1. The number of nitrogens with one attached hydrogen (secondary N) is 1. The molecule has 0 saturated carbocycles. The molecule has 0 aliphatic carbocycles. The summed E-state index contributed by atoms with van der Waals surface area (Å²) in [5.41, 5.74) is 1.76. The van der Waals surface area contributed by atoms with Crippen molar-refractivity contribution in [3.05, 3.63) is 33.7 Å². The highest BCUT2D eigenvalue weighted by Crippen LogP contribution is 2.13. The summed E-state index contributed by atoms with van der Waals surface area (Å²) in [6, 6.07) is 5.70. The standard InChI is InChI=1S/C17H18FIN4O/c1-2-23(9-4-3-7-18)10-8-20-17(24)16-12-21-15-11-13(19)5-6-14(15)22-16/h5-6,11-12H,2,7-10H2,1H3,(H,20,24)/i19-2. The maximum atomic E-state index is 12.2. The lowest BCUT2D eigenvalue weighted by molar-refractivity contribution is 0.0944. The van der Waals surface area contributed by atoms with E-state index in [9.17, 15) is 9.18 Å². The molecule has 0 unspecified atom stereocenters. The van der Waals surface area contributed by atoms with Crippen molar-refractivity contribution in [2.75, 3.05) is 32.9 Å². The van der Waals surface area contributed by atoms with Gasteiger partial charge in [0.2, 0.25) is 0 Å². The number of likely N-dealkylation sites (N-methyl/N-ethyl adjacent to an activating group) is 1. The predicted molar refractivity (Wildman–Crippen MR) is 100 cm³/mol. The van der Waals surface area contributed by atoms with E-state index in [1.165, 1.54) is 6.20 Å². The van der Waals surface area contributed by atoms with Crippen LogP contribution in [0.2, 0.25) is 0 Å². The largest absolute Gasteiger partial charge is 0.349 e. The van der Waals surface area contributed by atoms with Crippen LogP contribution in [-0.4, -0.2) is 53.6 Å². The van der Waals surface area contributed by atoms with E-state index < -0.39 is 6.67 Å². The molecule has 0 fully saturated rings. The Morgan fingerprint density at radius 2 is 2.21 bits per heavy atom. The summed E-state index contributed by atoms with van der Waals surface area (Å²) in [6.45, 7) is 3.75. The molecule has 7 heteroatoms. The summed E-state index contributed by atoms with van der Waals surface area (Å²) in [6.07, 6.45) is 1.48. The molecule has 0 bridgehead atoms. The van der Waals surface area contributed by atoms with Gasteiger partial charge in [-0.05, 0) is 47.3 Å². The summed E-state index contributed by atoms with van der Waals surface area (Å²) in [5, 5.41) is 2.82. The van der Waals surface area contributed by atoms with Crippen molar-refractivity contribution in [2.45, 2.75) is 6.92 Å². The minimum Gasteiger partial charge on any atom is -0.349 e. The average Bonchev–Trinajstić information content (AvgIpc) is 2.59. The van der Waals surface area contributed by atoms with E-state index >= 15 is 0 Å². The van der Waals surface area contributed by atoms with Gasteiger partial charge in [-0.2, -0.15) is 0 Å². The second kappa shape index (κ2) is 9.49. The van der Waals surface area contributed by atoms with Crippen molar-refractivity contribution in [3.8, 4) is 11.8 Å². The number of hydrogen-bond acceptors (Lipinski definition) is 4. The highest BCUT2D eigenvalue weighted by atomic mass is 125. The van der Waals surface area contributed by atoms with Crippen LogP contribution in [0.15, 0.2) is 24.4 Å². The maximum Gasteiger partial charge on any atom is 0.271 e. The van der Waals surface area contributed by atoms with Crippen LogP contribution in [0.5, 0.6) is 0 Å². The van der Waals surface area contributed by atoms with Gasteiger partial charge in [0, 0.05) is 16.7 Å². The first-order valence-corrected chi connectivity index (χ1v) is 8.66. The number of amides is 1. The number of rotatable bonds is 6. The van der Waals surface area contributed by atoms with Gasteiger partial charge in [-0.3, -0.25) is 14.7 Å². The first-order chi connectivity index (χ1) is 11.6. The molecule has 0 spiro atoms. The fourth-order valence-corrected chi connectivity index (χ4v) is 2.55. The van der Waals surface area contributed by atoms with Crippen molar-refractivity contribution < 1.29 is 9.18 Å². The molecule has 2 rings (SSSR count). The molecule has 1 amide bonds. The number of nitrogens with zero attached hydrogens (tertiary/aromatic N) is 3. The molecule has 0 saturated heterocycles. The lowest BCUT2D eigenvalue weighted by atomic mass is 10.3. The maximum absolute atomic E-state index is 12.2. The average molecular weight is 438 g/mol. The molecule has 0 atom stereocenters. The monoisotopic (exact) mass is 438 g/mol. The van der Waals surface area contributed by atoms with E-state index in [1.807, 2.05) is 30.0 Å². The Hall–Kier alpha value is -1.79. The van der Waals surface area contributed by atoms with Crippen LogP contribution in [0.4, 0.5) is 4.39 Å². The van der Waals surface area contributed by atoms with Crippen molar-refractivity contribution in [1.82, 2.24) is 20.2 Å². The first kappa shape index (κ1) is 18.5. The number of benzene rings is 1. The zero-order valence-electron chi connectivity index (χ0n) is 13.4. The van der Waals surface area contributed by atoms with E-state index in [4.69, 9.17) is 0 Å². The molecule has 0 radical (unpaired) electrons. The number of fused-ring (bicyclic) bond motifs is 1. The van der Waals surface area contributed by atoms with E-state index in [0.29, 0.717) is 30.8 Å². The molecule has 1 aromatic heterocycles. The second-order valence-electron chi connectivity index (χ2n) is 5.00. The van der Waals surface area contributed by atoms with Crippen LogP contribution in [0.25, 0.3) is 11.0 Å². The molecule has 2 aromatic rings. The summed E-state index contributed by atoms with van der Waals surface area (Å²) in [4.78, 5) is 22.8. The van der Waals surface area contributed by atoms with Crippen molar-refractivity contribution in [3.63, 3.8) is 0 Å². The van der Waals surface area contributed by atoms with E-state index in [0.717, 1.165) is 15.6 Å². The molecule has 24 heavy (non-hydrogen) atoms. The number of alkyl halides is 1. The quantitative estimate of drug-likeness (QED) is 0.556. The number of carbonyl (C=O) groups is 1. The third-order valence-electron chi connectivity index (χ3n) is 3.39. The highest BCUT2D eigenvalue weighted by molar-refractivity contribution is 14.1. The fraction of sp³-hybridized carbons (Fsp3) is 0.353. The summed E-state index contributed by atoms with van der Waals surface area (Å²) < 4.78 is 13.0. The minimum absolute atomic E-state index is 0.256. The second-order valence-corrected chi connectivity index (χ2v) is 6.25. The fourth-order valence-electron chi connectivity index (χ4n) is 2.08.